The Hall–Kier alpha value is -3.33. The van der Waals surface area contributed by atoms with E-state index in [-0.39, 0.29) is 22.8 Å². The van der Waals surface area contributed by atoms with Gasteiger partial charge in [0.05, 0.1) is 17.8 Å². The van der Waals surface area contributed by atoms with E-state index < -0.39 is 11.6 Å². The van der Waals surface area contributed by atoms with Gasteiger partial charge >= 0.3 is 0 Å². The van der Waals surface area contributed by atoms with Crippen LogP contribution in [0.25, 0.3) is 33.7 Å². The predicted molar refractivity (Wildman–Crippen MR) is 109 cm³/mol. The van der Waals surface area contributed by atoms with E-state index in [1.54, 1.807) is 18.5 Å². The van der Waals surface area contributed by atoms with Crippen LogP contribution in [0.3, 0.4) is 0 Å². The highest BCUT2D eigenvalue weighted by Crippen LogP contribution is 2.33. The number of anilines is 1. The molecule has 1 saturated heterocycles. The van der Waals surface area contributed by atoms with Crippen molar-refractivity contribution in [2.24, 2.45) is 0 Å². The highest BCUT2D eigenvalue weighted by molar-refractivity contribution is 5.81. The fourth-order valence-corrected chi connectivity index (χ4v) is 3.82. The van der Waals surface area contributed by atoms with Gasteiger partial charge in [0.2, 0.25) is 5.89 Å². The minimum Gasteiger partial charge on any atom is -0.436 e. The lowest BCUT2D eigenvalue weighted by Gasteiger charge is -2.28. The number of oxazole rings is 1. The number of hydrogen-bond acceptors (Lipinski definition) is 6. The smallest absolute Gasteiger partial charge is 0.231 e. The molecule has 0 bridgehead atoms. The quantitative estimate of drug-likeness (QED) is 0.552. The summed E-state index contributed by atoms with van der Waals surface area (Å²) in [6.45, 7) is 2.09. The molecular formula is C21H20F2N6O. The van der Waals surface area contributed by atoms with Crippen LogP contribution in [-0.2, 0) is 0 Å². The Labute approximate surface area is 171 Å². The zero-order chi connectivity index (χ0) is 20.8. The number of benzene rings is 1. The normalized spacial score (nSPS) is 15.8. The van der Waals surface area contributed by atoms with Crippen LogP contribution in [0.15, 0.2) is 41.2 Å². The summed E-state index contributed by atoms with van der Waals surface area (Å²) in [6, 6.07) is 4.00. The molecule has 154 valence electrons. The monoisotopic (exact) mass is 410 g/mol. The van der Waals surface area contributed by atoms with Gasteiger partial charge in [0, 0.05) is 35.7 Å². The van der Waals surface area contributed by atoms with E-state index in [1.807, 2.05) is 10.9 Å². The summed E-state index contributed by atoms with van der Waals surface area (Å²) in [5.74, 6) is -1.25. The second-order valence-electron chi connectivity index (χ2n) is 7.65. The van der Waals surface area contributed by atoms with Crippen LogP contribution in [0.4, 0.5) is 14.6 Å². The van der Waals surface area contributed by atoms with Crippen molar-refractivity contribution in [3.8, 4) is 22.6 Å². The molecular weight excluding hydrogens is 390 g/mol. The van der Waals surface area contributed by atoms with Gasteiger partial charge in [0.25, 0.3) is 0 Å². The first-order valence-electron chi connectivity index (χ1n) is 9.72. The summed E-state index contributed by atoms with van der Waals surface area (Å²) in [5.41, 5.74) is 8.07. The molecule has 1 aliphatic heterocycles. The van der Waals surface area contributed by atoms with Gasteiger partial charge in [-0.2, -0.15) is 5.10 Å². The van der Waals surface area contributed by atoms with Crippen LogP contribution in [0.1, 0.15) is 18.9 Å². The molecule has 0 atom stereocenters. The van der Waals surface area contributed by atoms with Crippen LogP contribution in [0, 0.1) is 11.6 Å². The van der Waals surface area contributed by atoms with Gasteiger partial charge in [0.15, 0.2) is 11.4 Å². The van der Waals surface area contributed by atoms with Crippen LogP contribution in [0.5, 0.6) is 0 Å². The second kappa shape index (κ2) is 7.17. The Morgan fingerprint density at radius 3 is 2.70 bits per heavy atom. The molecule has 0 unspecified atom stereocenters. The molecule has 7 nitrogen and oxygen atoms in total. The van der Waals surface area contributed by atoms with Crippen molar-refractivity contribution in [3.05, 3.63) is 48.4 Å². The summed E-state index contributed by atoms with van der Waals surface area (Å²) in [4.78, 5) is 10.7. The number of nitrogens with two attached hydrogens (primary N) is 1. The van der Waals surface area contributed by atoms with E-state index in [4.69, 9.17) is 10.2 Å². The average molecular weight is 410 g/mol. The summed E-state index contributed by atoms with van der Waals surface area (Å²) < 4.78 is 35.0. The van der Waals surface area contributed by atoms with Gasteiger partial charge in [-0.3, -0.25) is 4.68 Å². The summed E-state index contributed by atoms with van der Waals surface area (Å²) >= 11 is 0. The Bertz CT molecular complexity index is 1230. The Balaban J connectivity index is 1.49. The lowest BCUT2D eigenvalue weighted by atomic mass is 10.1. The zero-order valence-electron chi connectivity index (χ0n) is 16.3. The third-order valence-corrected chi connectivity index (χ3v) is 5.56. The summed E-state index contributed by atoms with van der Waals surface area (Å²) in [7, 11) is 2.12. The number of rotatable bonds is 3. The molecule has 30 heavy (non-hydrogen) atoms. The first kappa shape index (κ1) is 18.7. The standard InChI is InChI=1S/C21H20F2N6O/c1-28-4-2-15(3-5-28)29-11-13(10-26-29)12-6-16(20(24)25-9-12)21-27-19-17(23)7-14(22)8-18(19)30-21/h6-11,15H,2-5H2,1H3,(H2,24,25). The number of likely N-dealkylation sites (tertiary alicyclic amines) is 1. The lowest BCUT2D eigenvalue weighted by Crippen LogP contribution is -2.31. The molecule has 0 aliphatic carbocycles. The highest BCUT2D eigenvalue weighted by Gasteiger charge is 2.20. The van der Waals surface area contributed by atoms with E-state index in [9.17, 15) is 8.78 Å². The maximum Gasteiger partial charge on any atom is 0.231 e. The van der Waals surface area contributed by atoms with E-state index >= 15 is 0 Å². The van der Waals surface area contributed by atoms with Gasteiger partial charge in [0.1, 0.15) is 17.2 Å². The Morgan fingerprint density at radius 1 is 1.10 bits per heavy atom. The van der Waals surface area contributed by atoms with Crippen molar-refractivity contribution in [1.82, 2.24) is 24.6 Å². The molecule has 0 spiro atoms. The van der Waals surface area contributed by atoms with E-state index in [2.05, 4.69) is 27.0 Å². The SMILES string of the molecule is CN1CCC(n2cc(-c3cnc(N)c(-c4nc5c(F)cc(F)cc5o4)c3)cn2)CC1. The Kier molecular flexibility index (Phi) is 4.47. The minimum absolute atomic E-state index is 0.0161. The number of hydrogen-bond donors (Lipinski definition) is 1. The molecule has 2 N–H and O–H groups in total. The molecule has 0 radical (unpaired) electrons. The van der Waals surface area contributed by atoms with E-state index in [1.165, 1.54) is 0 Å². The Morgan fingerprint density at radius 2 is 1.90 bits per heavy atom. The number of nitrogens with zero attached hydrogens (tertiary/aromatic N) is 5. The fourth-order valence-electron chi connectivity index (χ4n) is 3.82. The summed E-state index contributed by atoms with van der Waals surface area (Å²) in [6.07, 6.45) is 7.53. The fraction of sp³-hybridized carbons (Fsp3) is 0.286. The van der Waals surface area contributed by atoms with Gasteiger partial charge in [-0.25, -0.2) is 18.7 Å². The molecule has 1 fully saturated rings. The molecule has 3 aromatic heterocycles. The number of piperidine rings is 1. The number of aromatic nitrogens is 4. The second-order valence-corrected chi connectivity index (χ2v) is 7.65. The topological polar surface area (TPSA) is 86.0 Å². The molecule has 0 amide bonds. The first-order chi connectivity index (χ1) is 14.5. The predicted octanol–water partition coefficient (Wildman–Crippen LogP) is 3.88. The minimum atomic E-state index is -0.790. The largest absolute Gasteiger partial charge is 0.436 e. The molecule has 1 aromatic carbocycles. The van der Waals surface area contributed by atoms with Gasteiger partial charge in [-0.05, 0) is 39.0 Å². The number of pyridine rings is 1. The molecule has 5 rings (SSSR count). The third-order valence-electron chi connectivity index (χ3n) is 5.56. The molecule has 0 saturated carbocycles. The van der Waals surface area contributed by atoms with Gasteiger partial charge in [-0.15, -0.1) is 0 Å². The van der Waals surface area contributed by atoms with Gasteiger partial charge < -0.3 is 15.1 Å². The first-order valence-corrected chi connectivity index (χ1v) is 9.72. The maximum atomic E-state index is 14.0. The molecule has 4 aromatic rings. The number of fused-ring (bicyclic) bond motifs is 1. The van der Waals surface area contributed by atoms with Crippen LogP contribution < -0.4 is 5.73 Å². The lowest BCUT2D eigenvalue weighted by molar-refractivity contribution is 0.212. The van der Waals surface area contributed by atoms with Crippen molar-refractivity contribution in [2.75, 3.05) is 25.9 Å². The van der Waals surface area contributed by atoms with E-state index in [0.717, 1.165) is 49.2 Å². The third kappa shape index (κ3) is 3.30. The van der Waals surface area contributed by atoms with Crippen LogP contribution >= 0.6 is 0 Å². The van der Waals surface area contributed by atoms with Crippen molar-refractivity contribution in [2.45, 2.75) is 18.9 Å². The maximum absolute atomic E-state index is 14.0. The summed E-state index contributed by atoms with van der Waals surface area (Å²) in [5, 5.41) is 4.53. The van der Waals surface area contributed by atoms with Crippen LogP contribution in [0.2, 0.25) is 0 Å². The molecule has 1 aliphatic rings. The average Bonchev–Trinajstić information content (AvgIpc) is 3.36. The van der Waals surface area contributed by atoms with E-state index in [0.29, 0.717) is 11.6 Å². The zero-order valence-corrected chi connectivity index (χ0v) is 16.3. The van der Waals surface area contributed by atoms with Crippen molar-refractivity contribution in [1.29, 1.82) is 0 Å². The number of halogens is 2. The van der Waals surface area contributed by atoms with Crippen molar-refractivity contribution >= 4 is 16.9 Å². The van der Waals surface area contributed by atoms with Crippen LogP contribution in [-0.4, -0.2) is 44.8 Å². The molecule has 4 heterocycles. The number of nitrogen functional groups attached to an aromatic ring is 1. The van der Waals surface area contributed by atoms with Gasteiger partial charge in [-0.1, -0.05) is 0 Å². The van der Waals surface area contributed by atoms with Crippen molar-refractivity contribution in [3.63, 3.8) is 0 Å². The highest BCUT2D eigenvalue weighted by atomic mass is 19.1. The molecule has 9 heteroatoms. The van der Waals surface area contributed by atoms with Crippen molar-refractivity contribution < 1.29 is 13.2 Å².